The first-order valence-electron chi connectivity index (χ1n) is 7.37. The number of hydrogen-bond acceptors (Lipinski definition) is 6. The molecule has 0 fully saturated rings. The third kappa shape index (κ3) is 5.57. The number of amides is 1. The second-order valence-electron chi connectivity index (χ2n) is 5.58. The van der Waals surface area contributed by atoms with Gasteiger partial charge < -0.3 is 9.47 Å². The van der Waals surface area contributed by atoms with E-state index in [0.717, 1.165) is 12.3 Å². The van der Waals surface area contributed by atoms with E-state index in [4.69, 9.17) is 21.1 Å². The standard InChI is InChI=1S/C16H16ClFN2O5S/c1-9(2)24-16-12(17)7-11(8-19-16)25-14-5-4-10(6-13(14)18)15(21)20-26(3,22)23/h4-9H,1-3H3,(H,20,21). The van der Waals surface area contributed by atoms with Gasteiger partial charge in [0, 0.05) is 11.6 Å². The molecule has 0 aliphatic carbocycles. The van der Waals surface area contributed by atoms with Crippen LogP contribution in [0.15, 0.2) is 30.5 Å². The van der Waals surface area contributed by atoms with Crippen molar-refractivity contribution in [3.63, 3.8) is 0 Å². The number of rotatable bonds is 6. The van der Waals surface area contributed by atoms with Gasteiger partial charge in [-0.1, -0.05) is 11.6 Å². The van der Waals surface area contributed by atoms with Crippen molar-refractivity contribution in [2.45, 2.75) is 20.0 Å². The maximum Gasteiger partial charge on any atom is 0.264 e. The highest BCUT2D eigenvalue weighted by Crippen LogP contribution is 2.30. The summed E-state index contributed by atoms with van der Waals surface area (Å²) in [6.45, 7) is 3.64. The molecule has 1 aromatic carbocycles. The molecule has 0 saturated heterocycles. The van der Waals surface area contributed by atoms with Gasteiger partial charge in [0.15, 0.2) is 11.6 Å². The van der Waals surface area contributed by atoms with Crippen LogP contribution in [0.3, 0.4) is 0 Å². The molecular formula is C16H16ClFN2O5S. The molecular weight excluding hydrogens is 387 g/mol. The summed E-state index contributed by atoms with van der Waals surface area (Å²) in [6.07, 6.45) is 2.02. The van der Waals surface area contributed by atoms with Crippen LogP contribution < -0.4 is 14.2 Å². The minimum absolute atomic E-state index is 0.116. The molecule has 140 valence electrons. The molecule has 0 aliphatic rings. The van der Waals surface area contributed by atoms with Gasteiger partial charge >= 0.3 is 0 Å². The molecule has 0 spiro atoms. The number of nitrogens with one attached hydrogen (secondary N) is 1. The second kappa shape index (κ2) is 7.88. The zero-order valence-electron chi connectivity index (χ0n) is 14.1. The normalized spacial score (nSPS) is 11.3. The number of hydrogen-bond donors (Lipinski definition) is 1. The molecule has 2 rings (SSSR count). The Kier molecular flexibility index (Phi) is 6.04. The topological polar surface area (TPSA) is 94.6 Å². The number of carbonyl (C=O) groups excluding carboxylic acids is 1. The number of aromatic nitrogens is 1. The number of ether oxygens (including phenoxy) is 2. The fourth-order valence-corrected chi connectivity index (χ4v) is 2.51. The minimum atomic E-state index is -3.75. The van der Waals surface area contributed by atoms with Crippen LogP contribution in [-0.4, -0.2) is 31.7 Å². The van der Waals surface area contributed by atoms with E-state index in [1.165, 1.54) is 24.4 Å². The number of nitrogens with zero attached hydrogens (tertiary/aromatic N) is 1. The van der Waals surface area contributed by atoms with Crippen molar-refractivity contribution in [2.24, 2.45) is 0 Å². The quantitative estimate of drug-likeness (QED) is 0.797. The molecule has 0 unspecified atom stereocenters. The monoisotopic (exact) mass is 402 g/mol. The SMILES string of the molecule is CC(C)Oc1ncc(Oc2ccc(C(=O)NS(C)(=O)=O)cc2F)cc1Cl. The van der Waals surface area contributed by atoms with Gasteiger partial charge in [-0.2, -0.15) is 0 Å². The summed E-state index contributed by atoms with van der Waals surface area (Å²) in [7, 11) is -3.75. The second-order valence-corrected chi connectivity index (χ2v) is 7.73. The molecule has 0 saturated carbocycles. The van der Waals surface area contributed by atoms with Crippen molar-refractivity contribution < 1.29 is 27.1 Å². The molecule has 0 radical (unpaired) electrons. The third-order valence-electron chi connectivity index (χ3n) is 2.83. The van der Waals surface area contributed by atoms with E-state index in [-0.39, 0.29) is 34.1 Å². The van der Waals surface area contributed by atoms with Crippen LogP contribution in [0, 0.1) is 5.82 Å². The van der Waals surface area contributed by atoms with Gasteiger partial charge in [-0.25, -0.2) is 22.5 Å². The van der Waals surface area contributed by atoms with Crippen molar-refractivity contribution in [2.75, 3.05) is 6.26 Å². The predicted molar refractivity (Wildman–Crippen MR) is 93.8 cm³/mol. The highest BCUT2D eigenvalue weighted by atomic mass is 35.5. The largest absolute Gasteiger partial charge is 0.474 e. The van der Waals surface area contributed by atoms with E-state index in [9.17, 15) is 17.6 Å². The summed E-state index contributed by atoms with van der Waals surface area (Å²) in [5.41, 5.74) is -0.169. The maximum atomic E-state index is 14.1. The summed E-state index contributed by atoms with van der Waals surface area (Å²) in [5.74, 6) is -1.60. The molecule has 10 heteroatoms. The van der Waals surface area contributed by atoms with Crippen molar-refractivity contribution in [1.29, 1.82) is 0 Å². The molecule has 2 aromatic rings. The van der Waals surface area contributed by atoms with Gasteiger partial charge in [-0.3, -0.25) is 4.79 Å². The Bertz CT molecular complexity index is 934. The van der Waals surface area contributed by atoms with Gasteiger partial charge in [-0.05, 0) is 32.0 Å². The summed E-state index contributed by atoms with van der Waals surface area (Å²) < 4.78 is 48.7. The Hall–Kier alpha value is -2.39. The van der Waals surface area contributed by atoms with E-state index in [1.54, 1.807) is 4.72 Å². The molecule has 26 heavy (non-hydrogen) atoms. The molecule has 1 N–H and O–H groups in total. The first-order valence-corrected chi connectivity index (χ1v) is 9.64. The van der Waals surface area contributed by atoms with E-state index < -0.39 is 21.7 Å². The molecule has 0 bridgehead atoms. The summed E-state index contributed by atoms with van der Waals surface area (Å²) in [4.78, 5) is 15.7. The van der Waals surface area contributed by atoms with Crippen molar-refractivity contribution in [3.05, 3.63) is 46.9 Å². The van der Waals surface area contributed by atoms with Crippen molar-refractivity contribution >= 4 is 27.5 Å². The predicted octanol–water partition coefficient (Wildman–Crippen LogP) is 3.14. The van der Waals surface area contributed by atoms with Crippen LogP contribution in [0.2, 0.25) is 5.02 Å². The van der Waals surface area contributed by atoms with Gasteiger partial charge in [0.1, 0.15) is 10.8 Å². The number of benzene rings is 1. The first kappa shape index (κ1) is 19.9. The molecule has 1 amide bonds. The highest BCUT2D eigenvalue weighted by molar-refractivity contribution is 7.89. The lowest BCUT2D eigenvalue weighted by Gasteiger charge is -2.12. The average molecular weight is 403 g/mol. The minimum Gasteiger partial charge on any atom is -0.474 e. The van der Waals surface area contributed by atoms with E-state index in [2.05, 4.69) is 4.98 Å². The van der Waals surface area contributed by atoms with E-state index in [0.29, 0.717) is 0 Å². The lowest BCUT2D eigenvalue weighted by atomic mass is 10.2. The summed E-state index contributed by atoms with van der Waals surface area (Å²) in [5, 5.41) is 0.195. The highest BCUT2D eigenvalue weighted by Gasteiger charge is 2.15. The fraction of sp³-hybridized carbons (Fsp3) is 0.250. The van der Waals surface area contributed by atoms with Crippen LogP contribution in [0.5, 0.6) is 17.4 Å². The van der Waals surface area contributed by atoms with Crippen molar-refractivity contribution in [1.82, 2.24) is 9.71 Å². The van der Waals surface area contributed by atoms with Crippen LogP contribution in [0.25, 0.3) is 0 Å². The van der Waals surface area contributed by atoms with Crippen molar-refractivity contribution in [3.8, 4) is 17.4 Å². The Morgan fingerprint density at radius 1 is 1.31 bits per heavy atom. The first-order chi connectivity index (χ1) is 12.0. The van der Waals surface area contributed by atoms with Crippen LogP contribution in [0.4, 0.5) is 4.39 Å². The number of pyridine rings is 1. The van der Waals surface area contributed by atoms with Gasteiger partial charge in [0.25, 0.3) is 5.91 Å². The van der Waals surface area contributed by atoms with Crippen LogP contribution >= 0.6 is 11.6 Å². The maximum absolute atomic E-state index is 14.1. The lowest BCUT2D eigenvalue weighted by molar-refractivity contribution is 0.0981. The lowest BCUT2D eigenvalue weighted by Crippen LogP contribution is -2.29. The van der Waals surface area contributed by atoms with E-state index >= 15 is 0 Å². The van der Waals surface area contributed by atoms with E-state index in [1.807, 2.05) is 13.8 Å². The fourth-order valence-electron chi connectivity index (χ4n) is 1.85. The number of carbonyl (C=O) groups is 1. The Balaban J connectivity index is 2.18. The molecule has 1 heterocycles. The smallest absolute Gasteiger partial charge is 0.264 e. The van der Waals surface area contributed by atoms with Gasteiger partial charge in [-0.15, -0.1) is 0 Å². The third-order valence-corrected chi connectivity index (χ3v) is 3.66. The molecule has 0 atom stereocenters. The summed E-state index contributed by atoms with van der Waals surface area (Å²) in [6, 6.07) is 4.69. The Morgan fingerprint density at radius 3 is 2.54 bits per heavy atom. The Morgan fingerprint density at radius 2 is 2.00 bits per heavy atom. The van der Waals surface area contributed by atoms with Gasteiger partial charge in [0.05, 0.1) is 18.6 Å². The van der Waals surface area contributed by atoms with Gasteiger partial charge in [0.2, 0.25) is 15.9 Å². The Labute approximate surface area is 155 Å². The average Bonchev–Trinajstić information content (AvgIpc) is 2.50. The van der Waals surface area contributed by atoms with Crippen LogP contribution in [-0.2, 0) is 10.0 Å². The van der Waals surface area contributed by atoms with Crippen LogP contribution in [0.1, 0.15) is 24.2 Å². The molecule has 7 nitrogen and oxygen atoms in total. The molecule has 1 aromatic heterocycles. The zero-order chi connectivity index (χ0) is 19.5. The number of halogens is 2. The molecule has 0 aliphatic heterocycles. The zero-order valence-corrected chi connectivity index (χ0v) is 15.7. The number of sulfonamides is 1. The summed E-state index contributed by atoms with van der Waals surface area (Å²) >= 11 is 6.04.